The monoisotopic (exact) mass is 817 g/mol. The fourth-order valence-electron chi connectivity index (χ4n) is 9.15. The molecule has 2 atom stereocenters. The number of hydrogen-bond donors (Lipinski definition) is 5. The first-order valence-corrected chi connectivity index (χ1v) is 20.6. The van der Waals surface area contributed by atoms with Crippen LogP contribution in [0.2, 0.25) is 0 Å². The number of fused-ring (bicyclic) bond motifs is 3. The first kappa shape index (κ1) is 38.2. The second-order valence-corrected chi connectivity index (χ2v) is 16.5. The number of rotatable bonds is 12. The van der Waals surface area contributed by atoms with E-state index < -0.39 is 29.2 Å². The molecule has 1 unspecified atom stereocenters. The molecule has 4 aliphatic heterocycles. The molecule has 0 bridgehead atoms. The summed E-state index contributed by atoms with van der Waals surface area (Å²) in [6.45, 7) is 6.90. The molecule has 3 fully saturated rings. The van der Waals surface area contributed by atoms with E-state index in [0.29, 0.717) is 72.4 Å². The van der Waals surface area contributed by atoms with E-state index in [0.717, 1.165) is 49.5 Å². The first-order chi connectivity index (χ1) is 29.0. The van der Waals surface area contributed by atoms with Gasteiger partial charge in [-0.3, -0.25) is 29.2 Å². The van der Waals surface area contributed by atoms with E-state index >= 15 is 4.39 Å². The van der Waals surface area contributed by atoms with E-state index in [4.69, 9.17) is 4.98 Å². The topological polar surface area (TPSA) is 173 Å². The number of pyridine rings is 1. The van der Waals surface area contributed by atoms with Gasteiger partial charge in [0.25, 0.3) is 5.91 Å². The summed E-state index contributed by atoms with van der Waals surface area (Å²) in [5, 5.41) is 23.9. The molecule has 1 aliphatic carbocycles. The molecule has 17 heteroatoms. The van der Waals surface area contributed by atoms with Gasteiger partial charge >= 0.3 is 0 Å². The third-order valence-electron chi connectivity index (χ3n) is 12.8. The highest BCUT2D eigenvalue weighted by atomic mass is 19.1. The Morgan fingerprint density at radius 2 is 1.73 bits per heavy atom. The van der Waals surface area contributed by atoms with Gasteiger partial charge in [0.15, 0.2) is 11.5 Å². The molecule has 0 spiro atoms. The number of nitrogens with zero attached hydrogens (tertiary/aromatic N) is 7. The summed E-state index contributed by atoms with van der Waals surface area (Å²) in [6, 6.07) is 14.6. The van der Waals surface area contributed by atoms with E-state index in [1.807, 2.05) is 48.2 Å². The van der Waals surface area contributed by atoms with Gasteiger partial charge in [0.2, 0.25) is 17.8 Å². The Morgan fingerprint density at radius 3 is 2.52 bits per heavy atom. The molecule has 3 amide bonds. The molecule has 0 radical (unpaired) electrons. The Kier molecular flexibility index (Phi) is 9.48. The van der Waals surface area contributed by atoms with Crippen molar-refractivity contribution in [1.82, 2.24) is 40.0 Å². The number of aliphatic hydroxyl groups is 1. The largest absolute Gasteiger partial charge is 0.384 e. The number of piperidine rings is 1. The fourth-order valence-corrected chi connectivity index (χ4v) is 9.15. The lowest BCUT2D eigenvalue weighted by molar-refractivity contribution is -0.136. The minimum absolute atomic E-state index is 0.172. The molecule has 0 saturated carbocycles. The molecule has 15 nitrogen and oxygen atoms in total. The van der Waals surface area contributed by atoms with Gasteiger partial charge in [-0.15, -0.1) is 0 Å². The van der Waals surface area contributed by atoms with Crippen LogP contribution >= 0.6 is 0 Å². The number of hydrogen-bond acceptors (Lipinski definition) is 12. The molecule has 310 valence electrons. The zero-order chi connectivity index (χ0) is 41.3. The summed E-state index contributed by atoms with van der Waals surface area (Å²) >= 11 is 0. The summed E-state index contributed by atoms with van der Waals surface area (Å²) < 4.78 is 31.8. The van der Waals surface area contributed by atoms with E-state index in [1.165, 1.54) is 23.4 Å². The van der Waals surface area contributed by atoms with Crippen LogP contribution in [0.15, 0.2) is 60.9 Å². The lowest BCUT2D eigenvalue weighted by atomic mass is 9.98. The maximum Gasteiger partial charge on any atom is 0.255 e. The lowest BCUT2D eigenvalue weighted by Gasteiger charge is -2.52. The van der Waals surface area contributed by atoms with Crippen molar-refractivity contribution in [1.29, 1.82) is 0 Å². The molecule has 5 N–H and O–H groups in total. The first-order valence-electron chi connectivity index (χ1n) is 20.6. The fraction of sp³-hybridized carbons (Fsp3) is 0.395. The number of imide groups is 1. The Morgan fingerprint density at radius 1 is 0.933 bits per heavy atom. The van der Waals surface area contributed by atoms with Crippen molar-refractivity contribution in [3.05, 3.63) is 94.9 Å². The standard InChI is InChI=1S/C43H45F2N11O4/c1-2-43(60)12-11-24-3-9-36(50-38(24)43)56-23-33(45)31-17-48-42(52-39(31)56)49-27-6-4-26(5-7-27)46-13-14-47-28-19-53(20-28)29-21-54(22-29)35-15-25-18-55(41(59)30(25)16-32(35)44)34-8-10-37(57)51-40(34)58/h3-7,9,15-17,23,28-29,34,46-47,60H,2,8,10-14,18-22H2,1H3,(H,48,49,52)(H,51,57,58)/t34?,43-/m1/s1. The predicted octanol–water partition coefficient (Wildman–Crippen LogP) is 3.72. The van der Waals surface area contributed by atoms with Crippen LogP contribution in [0.5, 0.6) is 0 Å². The van der Waals surface area contributed by atoms with Crippen LogP contribution in [0.25, 0.3) is 16.9 Å². The summed E-state index contributed by atoms with van der Waals surface area (Å²) in [6.07, 6.45) is 5.18. The molecule has 60 heavy (non-hydrogen) atoms. The van der Waals surface area contributed by atoms with Crippen LogP contribution in [-0.4, -0.2) is 110 Å². The number of likely N-dealkylation sites (tertiary alicyclic amines) is 1. The van der Waals surface area contributed by atoms with E-state index in [-0.39, 0.29) is 42.2 Å². The maximum absolute atomic E-state index is 15.2. The zero-order valence-corrected chi connectivity index (χ0v) is 33.0. The van der Waals surface area contributed by atoms with Crippen molar-refractivity contribution in [2.75, 3.05) is 54.8 Å². The average molecular weight is 818 g/mol. The van der Waals surface area contributed by atoms with Gasteiger partial charge in [-0.1, -0.05) is 13.0 Å². The Bertz CT molecular complexity index is 2540. The highest BCUT2D eigenvalue weighted by Crippen LogP contribution is 2.39. The smallest absolute Gasteiger partial charge is 0.255 e. The van der Waals surface area contributed by atoms with Crippen molar-refractivity contribution in [3.63, 3.8) is 0 Å². The van der Waals surface area contributed by atoms with Crippen molar-refractivity contribution in [2.24, 2.45) is 0 Å². The highest BCUT2D eigenvalue weighted by Gasteiger charge is 2.43. The zero-order valence-electron chi connectivity index (χ0n) is 33.0. The van der Waals surface area contributed by atoms with Crippen LogP contribution in [0.1, 0.15) is 59.8 Å². The average Bonchev–Trinajstić information content (AvgIpc) is 3.84. The van der Waals surface area contributed by atoms with Gasteiger partial charge in [-0.05, 0) is 79.3 Å². The van der Waals surface area contributed by atoms with E-state index in [1.54, 1.807) is 10.6 Å². The van der Waals surface area contributed by atoms with Crippen LogP contribution in [0.4, 0.5) is 31.8 Å². The summed E-state index contributed by atoms with van der Waals surface area (Å²) in [7, 11) is 0. The molecule has 3 saturated heterocycles. The van der Waals surface area contributed by atoms with E-state index in [9.17, 15) is 23.9 Å². The van der Waals surface area contributed by atoms with Gasteiger partial charge < -0.3 is 30.9 Å². The highest BCUT2D eigenvalue weighted by molar-refractivity contribution is 6.05. The van der Waals surface area contributed by atoms with Crippen molar-refractivity contribution in [2.45, 2.75) is 69.3 Å². The quantitative estimate of drug-likeness (QED) is 0.0915. The second kappa shape index (κ2) is 14.9. The molecular formula is C43H45F2N11O4. The number of halogens is 2. The minimum Gasteiger partial charge on any atom is -0.384 e. The summed E-state index contributed by atoms with van der Waals surface area (Å²) in [4.78, 5) is 56.6. The van der Waals surface area contributed by atoms with Crippen molar-refractivity contribution >= 4 is 51.8 Å². The SMILES string of the molecule is CC[C@@]1(O)CCc2ccc(-n3cc(F)c4cnc(Nc5ccc(NCCNC6CN(C7CN(c8cc9c(cc8F)C(=O)N(C8CCC(=O)NC8=O)C9)C7)C6)cc5)nc43)nc21. The van der Waals surface area contributed by atoms with Crippen LogP contribution in [-0.2, 0) is 28.2 Å². The van der Waals surface area contributed by atoms with Crippen LogP contribution in [0.3, 0.4) is 0 Å². The predicted molar refractivity (Wildman–Crippen MR) is 219 cm³/mol. The number of anilines is 4. The molecule has 5 aliphatic rings. The van der Waals surface area contributed by atoms with Crippen molar-refractivity contribution in [3.8, 4) is 5.82 Å². The van der Waals surface area contributed by atoms with Gasteiger partial charge in [-0.2, -0.15) is 4.98 Å². The Balaban J connectivity index is 0.671. The molecular weight excluding hydrogens is 773 g/mol. The number of benzene rings is 2. The molecule has 3 aromatic heterocycles. The van der Waals surface area contributed by atoms with Gasteiger partial charge in [0, 0.05) is 93.6 Å². The maximum atomic E-state index is 15.2. The third-order valence-corrected chi connectivity index (χ3v) is 12.8. The second-order valence-electron chi connectivity index (χ2n) is 16.5. The lowest BCUT2D eigenvalue weighted by Crippen LogP contribution is -2.69. The minimum atomic E-state index is -0.983. The van der Waals surface area contributed by atoms with Crippen LogP contribution < -0.4 is 26.2 Å². The van der Waals surface area contributed by atoms with Gasteiger partial charge in [0.05, 0.1) is 16.8 Å². The molecule has 2 aromatic carbocycles. The molecule has 5 aromatic rings. The van der Waals surface area contributed by atoms with E-state index in [2.05, 4.69) is 36.1 Å². The number of carbonyl (C=O) groups is 3. The summed E-state index contributed by atoms with van der Waals surface area (Å²) in [5.41, 5.74) is 4.23. The number of aromatic nitrogens is 4. The number of nitrogens with one attached hydrogen (secondary N) is 4. The number of aryl methyl sites for hydroxylation is 1. The summed E-state index contributed by atoms with van der Waals surface area (Å²) in [5.74, 6) is -1.30. The molecule has 7 heterocycles. The number of carbonyl (C=O) groups excluding carboxylic acids is 3. The normalized spacial score (nSPS) is 21.9. The third kappa shape index (κ3) is 6.79. The van der Waals surface area contributed by atoms with Crippen LogP contribution in [0, 0.1) is 11.6 Å². The van der Waals surface area contributed by atoms with Gasteiger partial charge in [0.1, 0.15) is 23.3 Å². The molecule has 10 rings (SSSR count). The Hall–Kier alpha value is -6.04. The van der Waals surface area contributed by atoms with Gasteiger partial charge in [-0.25, -0.2) is 18.7 Å². The van der Waals surface area contributed by atoms with Crippen molar-refractivity contribution < 1.29 is 28.3 Å². The number of amides is 3. The Labute approximate surface area is 344 Å².